The van der Waals surface area contributed by atoms with Gasteiger partial charge in [0, 0.05) is 12.1 Å². The number of aliphatic hydroxyl groups excluding tert-OH is 1. The molecule has 0 radical (unpaired) electrons. The van der Waals surface area contributed by atoms with Crippen molar-refractivity contribution in [3.05, 3.63) is 101 Å². The zero-order chi connectivity index (χ0) is 26.0. The van der Waals surface area contributed by atoms with Crippen LogP contribution in [0.15, 0.2) is 78.4 Å². The summed E-state index contributed by atoms with van der Waals surface area (Å²) in [5, 5.41) is 11.3. The van der Waals surface area contributed by atoms with Crippen molar-refractivity contribution in [1.82, 2.24) is 4.90 Å². The number of likely N-dealkylation sites (tertiary alicyclic amines) is 1. The molecule has 1 unspecified atom stereocenters. The molecule has 0 spiro atoms. The van der Waals surface area contributed by atoms with E-state index < -0.39 is 17.7 Å². The number of aliphatic hydroxyl groups is 1. The molecule has 0 saturated carbocycles. The van der Waals surface area contributed by atoms with E-state index in [1.165, 1.54) is 4.90 Å². The van der Waals surface area contributed by atoms with Gasteiger partial charge in [0.05, 0.1) is 25.8 Å². The summed E-state index contributed by atoms with van der Waals surface area (Å²) in [6.07, 6.45) is 0. The number of ether oxygens (including phenoxy) is 2. The van der Waals surface area contributed by atoms with E-state index in [-0.39, 0.29) is 23.3 Å². The number of carbonyl (C=O) groups excluding carboxylic acids is 2. The minimum absolute atomic E-state index is 0.0516. The average Bonchev–Trinajstić information content (AvgIpc) is 3.13. The number of methoxy groups -OCH3 is 2. The van der Waals surface area contributed by atoms with E-state index in [1.54, 1.807) is 38.5 Å². The molecule has 4 rings (SSSR count). The normalized spacial score (nSPS) is 17.4. The molecular weight excluding hydrogens is 454 g/mol. The quantitative estimate of drug-likeness (QED) is 0.278. The molecular formula is C30H31NO5. The summed E-state index contributed by atoms with van der Waals surface area (Å²) in [4.78, 5) is 28.1. The van der Waals surface area contributed by atoms with E-state index in [0.717, 1.165) is 16.7 Å². The van der Waals surface area contributed by atoms with Crippen LogP contribution in [0.3, 0.4) is 0 Å². The monoisotopic (exact) mass is 485 g/mol. The lowest BCUT2D eigenvalue weighted by Gasteiger charge is -2.27. The predicted octanol–water partition coefficient (Wildman–Crippen LogP) is 5.62. The van der Waals surface area contributed by atoms with Crippen molar-refractivity contribution >= 4 is 17.4 Å². The van der Waals surface area contributed by atoms with E-state index in [1.807, 2.05) is 48.5 Å². The molecule has 3 aromatic carbocycles. The first-order valence-corrected chi connectivity index (χ1v) is 11.8. The smallest absolute Gasteiger partial charge is 0.295 e. The third-order valence-electron chi connectivity index (χ3n) is 6.48. The summed E-state index contributed by atoms with van der Waals surface area (Å²) in [5.41, 5.74) is 3.15. The molecule has 0 bridgehead atoms. The van der Waals surface area contributed by atoms with Crippen LogP contribution >= 0.6 is 0 Å². The van der Waals surface area contributed by atoms with Crippen LogP contribution in [0, 0.1) is 0 Å². The average molecular weight is 486 g/mol. The first kappa shape index (κ1) is 25.0. The van der Waals surface area contributed by atoms with Crippen molar-refractivity contribution in [2.24, 2.45) is 0 Å². The van der Waals surface area contributed by atoms with Crippen LogP contribution in [0.2, 0.25) is 0 Å². The van der Waals surface area contributed by atoms with Gasteiger partial charge in [-0.05, 0) is 58.5 Å². The number of rotatable bonds is 6. The first-order chi connectivity index (χ1) is 17.1. The highest BCUT2D eigenvalue weighted by molar-refractivity contribution is 6.46. The standard InChI is InChI=1S/C30H31NO5/c1-30(2,3)22-13-9-20(10-14-22)26-25(27(32)21-11-15-23(35-4)16-12-21)28(33)29(34)31(26)18-19-7-6-8-24(17-19)36-5/h6-17,26,32H,18H2,1-5H3/b27-25-. The van der Waals surface area contributed by atoms with Gasteiger partial charge < -0.3 is 19.5 Å². The Labute approximate surface area is 211 Å². The van der Waals surface area contributed by atoms with Crippen LogP contribution in [-0.4, -0.2) is 35.9 Å². The summed E-state index contributed by atoms with van der Waals surface area (Å²) in [6, 6.07) is 21.3. The van der Waals surface area contributed by atoms with Gasteiger partial charge in [0.15, 0.2) is 0 Å². The van der Waals surface area contributed by atoms with Gasteiger partial charge in [0.1, 0.15) is 17.3 Å². The highest BCUT2D eigenvalue weighted by Gasteiger charge is 2.46. The molecule has 186 valence electrons. The number of nitrogens with zero attached hydrogens (tertiary/aromatic N) is 1. The summed E-state index contributed by atoms with van der Waals surface area (Å²) in [5.74, 6) is -0.296. The number of ketones is 1. The van der Waals surface area contributed by atoms with Crippen molar-refractivity contribution in [3.8, 4) is 11.5 Å². The molecule has 1 heterocycles. The first-order valence-electron chi connectivity index (χ1n) is 11.8. The minimum atomic E-state index is -0.743. The van der Waals surface area contributed by atoms with E-state index in [2.05, 4.69) is 20.8 Å². The number of hydrogen-bond donors (Lipinski definition) is 1. The van der Waals surface area contributed by atoms with Crippen molar-refractivity contribution < 1.29 is 24.2 Å². The summed E-state index contributed by atoms with van der Waals surface area (Å²) >= 11 is 0. The number of hydrogen-bond acceptors (Lipinski definition) is 5. The molecule has 1 amide bonds. The lowest BCUT2D eigenvalue weighted by molar-refractivity contribution is -0.140. The predicted molar refractivity (Wildman–Crippen MR) is 139 cm³/mol. The van der Waals surface area contributed by atoms with Crippen LogP contribution in [0.4, 0.5) is 0 Å². The molecule has 1 aliphatic rings. The number of Topliss-reactive ketones (excluding diaryl/α,β-unsaturated/α-hetero) is 1. The summed E-state index contributed by atoms with van der Waals surface area (Å²) in [6.45, 7) is 6.56. The van der Waals surface area contributed by atoms with Gasteiger partial charge in [-0.25, -0.2) is 0 Å². The van der Waals surface area contributed by atoms with E-state index >= 15 is 0 Å². The highest BCUT2D eigenvalue weighted by Crippen LogP contribution is 2.41. The molecule has 0 aromatic heterocycles. The van der Waals surface area contributed by atoms with Crippen molar-refractivity contribution in [2.75, 3.05) is 14.2 Å². The van der Waals surface area contributed by atoms with Crippen LogP contribution < -0.4 is 9.47 Å². The molecule has 3 aromatic rings. The van der Waals surface area contributed by atoms with Gasteiger partial charge in [0.25, 0.3) is 11.7 Å². The SMILES string of the molecule is COc1ccc(/C(O)=C2/C(=O)C(=O)N(Cc3cccc(OC)c3)C2c2ccc(C(C)(C)C)cc2)cc1. The van der Waals surface area contributed by atoms with E-state index in [4.69, 9.17) is 9.47 Å². The lowest BCUT2D eigenvalue weighted by atomic mass is 9.85. The molecule has 1 fully saturated rings. The van der Waals surface area contributed by atoms with Crippen LogP contribution in [0.25, 0.3) is 5.76 Å². The maximum Gasteiger partial charge on any atom is 0.295 e. The fraction of sp³-hybridized carbons (Fsp3) is 0.267. The molecule has 1 atom stereocenters. The van der Waals surface area contributed by atoms with Gasteiger partial charge in [-0.3, -0.25) is 9.59 Å². The third-order valence-corrected chi connectivity index (χ3v) is 6.48. The fourth-order valence-corrected chi connectivity index (χ4v) is 4.43. The molecule has 0 aliphatic carbocycles. The van der Waals surface area contributed by atoms with Gasteiger partial charge in [-0.1, -0.05) is 57.2 Å². The zero-order valence-corrected chi connectivity index (χ0v) is 21.2. The highest BCUT2D eigenvalue weighted by atomic mass is 16.5. The number of benzene rings is 3. The molecule has 6 nitrogen and oxygen atoms in total. The van der Waals surface area contributed by atoms with Crippen molar-refractivity contribution in [3.63, 3.8) is 0 Å². The van der Waals surface area contributed by atoms with Gasteiger partial charge >= 0.3 is 0 Å². The zero-order valence-electron chi connectivity index (χ0n) is 21.2. The molecule has 36 heavy (non-hydrogen) atoms. The Balaban J connectivity index is 1.84. The second-order valence-corrected chi connectivity index (χ2v) is 9.88. The van der Waals surface area contributed by atoms with Crippen LogP contribution in [0.5, 0.6) is 11.5 Å². The Kier molecular flexibility index (Phi) is 6.88. The van der Waals surface area contributed by atoms with Gasteiger partial charge in [0.2, 0.25) is 0 Å². The molecule has 6 heteroatoms. The Morgan fingerprint density at radius 3 is 2.11 bits per heavy atom. The van der Waals surface area contributed by atoms with Crippen LogP contribution in [-0.2, 0) is 21.5 Å². The Morgan fingerprint density at radius 2 is 1.53 bits per heavy atom. The Morgan fingerprint density at radius 1 is 0.889 bits per heavy atom. The number of carbonyl (C=O) groups is 2. The topological polar surface area (TPSA) is 76.1 Å². The molecule has 1 aliphatic heterocycles. The maximum absolute atomic E-state index is 13.3. The van der Waals surface area contributed by atoms with Gasteiger partial charge in [-0.15, -0.1) is 0 Å². The van der Waals surface area contributed by atoms with E-state index in [0.29, 0.717) is 17.1 Å². The maximum atomic E-state index is 13.3. The van der Waals surface area contributed by atoms with Crippen molar-refractivity contribution in [2.45, 2.75) is 38.8 Å². The van der Waals surface area contributed by atoms with Crippen LogP contribution in [0.1, 0.15) is 49.1 Å². The molecule has 1 N–H and O–H groups in total. The van der Waals surface area contributed by atoms with Gasteiger partial charge in [-0.2, -0.15) is 0 Å². The molecule has 1 saturated heterocycles. The van der Waals surface area contributed by atoms with E-state index in [9.17, 15) is 14.7 Å². The lowest BCUT2D eigenvalue weighted by Crippen LogP contribution is -2.29. The largest absolute Gasteiger partial charge is 0.507 e. The fourth-order valence-electron chi connectivity index (χ4n) is 4.43. The second-order valence-electron chi connectivity index (χ2n) is 9.88. The third kappa shape index (κ3) is 4.85. The minimum Gasteiger partial charge on any atom is -0.507 e. The Hall–Kier alpha value is -4.06. The van der Waals surface area contributed by atoms with Crippen molar-refractivity contribution in [1.29, 1.82) is 0 Å². The second kappa shape index (κ2) is 9.90. The number of amides is 1. The Bertz CT molecular complexity index is 1300. The summed E-state index contributed by atoms with van der Waals surface area (Å²) in [7, 11) is 3.14. The summed E-state index contributed by atoms with van der Waals surface area (Å²) < 4.78 is 10.5.